The molecule has 0 amide bonds. The standard InChI is InChI=1S/C11H19N5O2S/c1-3-9-8-16(5-4-15(9)2)19(17,18)10-6-13-11(12)14-7-10/h6-7,9H,3-5,8H2,1-2H3,(H2,12,13,14). The van der Waals surface area contributed by atoms with Crippen LogP contribution in [-0.4, -0.2) is 60.3 Å². The Labute approximate surface area is 113 Å². The fourth-order valence-corrected chi connectivity index (χ4v) is 3.55. The van der Waals surface area contributed by atoms with Crippen molar-refractivity contribution in [1.82, 2.24) is 19.2 Å². The van der Waals surface area contributed by atoms with Crippen molar-refractivity contribution in [1.29, 1.82) is 0 Å². The molecular formula is C11H19N5O2S. The van der Waals surface area contributed by atoms with Crippen molar-refractivity contribution >= 4 is 16.0 Å². The van der Waals surface area contributed by atoms with Gasteiger partial charge in [0.05, 0.1) is 12.4 Å². The smallest absolute Gasteiger partial charge is 0.246 e. The molecule has 1 aliphatic heterocycles. The summed E-state index contributed by atoms with van der Waals surface area (Å²) in [6.45, 7) is 3.77. The highest BCUT2D eigenvalue weighted by Gasteiger charge is 2.32. The molecule has 1 unspecified atom stereocenters. The number of rotatable bonds is 3. The Morgan fingerprint density at radius 3 is 2.58 bits per heavy atom. The average molecular weight is 285 g/mol. The molecule has 8 heteroatoms. The maximum absolute atomic E-state index is 12.5. The predicted molar refractivity (Wildman–Crippen MR) is 71.9 cm³/mol. The second kappa shape index (κ2) is 5.40. The van der Waals surface area contributed by atoms with Gasteiger partial charge in [-0.1, -0.05) is 6.92 Å². The Morgan fingerprint density at radius 1 is 1.37 bits per heavy atom. The topological polar surface area (TPSA) is 92.4 Å². The van der Waals surface area contributed by atoms with Crippen LogP contribution in [0.15, 0.2) is 17.3 Å². The molecule has 0 radical (unpaired) electrons. The first-order valence-electron chi connectivity index (χ1n) is 6.23. The van der Waals surface area contributed by atoms with E-state index in [9.17, 15) is 8.42 Å². The first kappa shape index (κ1) is 14.2. The van der Waals surface area contributed by atoms with Crippen molar-refractivity contribution in [3.05, 3.63) is 12.4 Å². The lowest BCUT2D eigenvalue weighted by molar-refractivity contribution is 0.144. The van der Waals surface area contributed by atoms with Gasteiger partial charge in [0.1, 0.15) is 4.90 Å². The zero-order valence-corrected chi connectivity index (χ0v) is 12.0. The molecule has 1 saturated heterocycles. The Kier molecular flexibility index (Phi) is 4.02. The molecule has 106 valence electrons. The molecule has 1 atom stereocenters. The lowest BCUT2D eigenvalue weighted by atomic mass is 10.1. The number of sulfonamides is 1. The summed E-state index contributed by atoms with van der Waals surface area (Å²) in [6.07, 6.45) is 3.44. The molecule has 2 N–H and O–H groups in total. The van der Waals surface area contributed by atoms with Gasteiger partial charge in [-0.05, 0) is 13.5 Å². The molecule has 0 aromatic carbocycles. The van der Waals surface area contributed by atoms with Gasteiger partial charge in [-0.2, -0.15) is 4.31 Å². The molecule has 1 aromatic rings. The summed E-state index contributed by atoms with van der Waals surface area (Å²) in [4.78, 5) is 9.77. The molecule has 2 heterocycles. The first-order chi connectivity index (χ1) is 8.95. The third-order valence-corrected chi connectivity index (χ3v) is 5.32. The fraction of sp³-hybridized carbons (Fsp3) is 0.636. The van der Waals surface area contributed by atoms with Crippen molar-refractivity contribution in [3.8, 4) is 0 Å². The molecule has 0 aliphatic carbocycles. The molecule has 2 rings (SSSR count). The summed E-state index contributed by atoms with van der Waals surface area (Å²) in [5, 5.41) is 0. The lowest BCUT2D eigenvalue weighted by Gasteiger charge is -2.38. The van der Waals surface area contributed by atoms with E-state index >= 15 is 0 Å². The van der Waals surface area contributed by atoms with Crippen molar-refractivity contribution in [2.24, 2.45) is 0 Å². The number of nitrogens with two attached hydrogens (primary N) is 1. The van der Waals surface area contributed by atoms with Crippen LogP contribution in [0.4, 0.5) is 5.95 Å². The van der Waals surface area contributed by atoms with Crippen LogP contribution in [0.25, 0.3) is 0 Å². The molecule has 7 nitrogen and oxygen atoms in total. The van der Waals surface area contributed by atoms with Crippen LogP contribution < -0.4 is 5.73 Å². The number of aromatic nitrogens is 2. The predicted octanol–water partition coefficient (Wildman–Crippen LogP) is -0.226. The van der Waals surface area contributed by atoms with E-state index in [2.05, 4.69) is 21.8 Å². The van der Waals surface area contributed by atoms with Crippen LogP contribution in [-0.2, 0) is 10.0 Å². The lowest BCUT2D eigenvalue weighted by Crippen LogP contribution is -2.52. The SMILES string of the molecule is CCC1CN(S(=O)(=O)c2cnc(N)nc2)CCN1C. The number of piperazine rings is 1. The van der Waals surface area contributed by atoms with E-state index in [1.807, 2.05) is 7.05 Å². The summed E-state index contributed by atoms with van der Waals surface area (Å²) in [5.41, 5.74) is 5.37. The van der Waals surface area contributed by atoms with Crippen LogP contribution >= 0.6 is 0 Å². The highest BCUT2D eigenvalue weighted by Crippen LogP contribution is 2.19. The van der Waals surface area contributed by atoms with Gasteiger partial charge < -0.3 is 10.6 Å². The Hall–Kier alpha value is -1.25. The van der Waals surface area contributed by atoms with E-state index in [1.165, 1.54) is 16.7 Å². The number of nitrogen functional groups attached to an aromatic ring is 1. The molecule has 0 saturated carbocycles. The Balaban J connectivity index is 2.23. The average Bonchev–Trinajstić information content (AvgIpc) is 2.39. The van der Waals surface area contributed by atoms with Gasteiger partial charge in [0, 0.05) is 25.7 Å². The second-order valence-electron chi connectivity index (χ2n) is 4.68. The van der Waals surface area contributed by atoms with E-state index in [4.69, 9.17) is 5.73 Å². The quantitative estimate of drug-likeness (QED) is 0.825. The van der Waals surface area contributed by atoms with Gasteiger partial charge in [-0.15, -0.1) is 0 Å². The minimum Gasteiger partial charge on any atom is -0.368 e. The van der Waals surface area contributed by atoms with Gasteiger partial charge in [0.15, 0.2) is 0 Å². The monoisotopic (exact) mass is 285 g/mol. The molecule has 0 bridgehead atoms. The van der Waals surface area contributed by atoms with Crippen LogP contribution in [0.5, 0.6) is 0 Å². The van der Waals surface area contributed by atoms with Gasteiger partial charge >= 0.3 is 0 Å². The normalized spacial score (nSPS) is 22.5. The third-order valence-electron chi connectivity index (χ3n) is 3.50. The Bertz CT molecular complexity index is 531. The van der Waals surface area contributed by atoms with E-state index in [-0.39, 0.29) is 16.9 Å². The Morgan fingerprint density at radius 2 is 2.00 bits per heavy atom. The summed E-state index contributed by atoms with van der Waals surface area (Å²) in [7, 11) is -1.50. The van der Waals surface area contributed by atoms with Crippen molar-refractivity contribution in [3.63, 3.8) is 0 Å². The van der Waals surface area contributed by atoms with E-state index in [0.29, 0.717) is 13.1 Å². The van der Waals surface area contributed by atoms with Gasteiger partial charge in [-0.3, -0.25) is 0 Å². The van der Waals surface area contributed by atoms with Crippen molar-refractivity contribution in [2.45, 2.75) is 24.3 Å². The number of nitrogens with zero attached hydrogens (tertiary/aromatic N) is 4. The molecule has 19 heavy (non-hydrogen) atoms. The molecule has 0 spiro atoms. The summed E-state index contributed by atoms with van der Waals surface area (Å²) in [6, 6.07) is 0.248. The maximum atomic E-state index is 12.5. The number of likely N-dealkylation sites (N-methyl/N-ethyl adjacent to an activating group) is 1. The number of hydrogen-bond donors (Lipinski definition) is 1. The van der Waals surface area contributed by atoms with Gasteiger partial charge in [0.25, 0.3) is 0 Å². The summed E-state index contributed by atoms with van der Waals surface area (Å²) >= 11 is 0. The van der Waals surface area contributed by atoms with Crippen LogP contribution in [0.1, 0.15) is 13.3 Å². The second-order valence-corrected chi connectivity index (χ2v) is 6.62. The highest BCUT2D eigenvalue weighted by molar-refractivity contribution is 7.89. The van der Waals surface area contributed by atoms with Crippen molar-refractivity contribution < 1.29 is 8.42 Å². The molecule has 1 aliphatic rings. The van der Waals surface area contributed by atoms with Crippen LogP contribution in [0, 0.1) is 0 Å². The molecule has 1 aromatic heterocycles. The first-order valence-corrected chi connectivity index (χ1v) is 7.67. The van der Waals surface area contributed by atoms with Gasteiger partial charge in [0.2, 0.25) is 16.0 Å². The fourth-order valence-electron chi connectivity index (χ4n) is 2.19. The van der Waals surface area contributed by atoms with E-state index in [0.717, 1.165) is 13.0 Å². The largest absolute Gasteiger partial charge is 0.368 e. The van der Waals surface area contributed by atoms with E-state index < -0.39 is 10.0 Å². The number of hydrogen-bond acceptors (Lipinski definition) is 6. The van der Waals surface area contributed by atoms with Gasteiger partial charge in [-0.25, -0.2) is 18.4 Å². The minimum atomic E-state index is -3.52. The van der Waals surface area contributed by atoms with Crippen molar-refractivity contribution in [2.75, 3.05) is 32.4 Å². The molecule has 1 fully saturated rings. The molecular weight excluding hydrogens is 266 g/mol. The minimum absolute atomic E-state index is 0.0729. The number of anilines is 1. The zero-order valence-electron chi connectivity index (χ0n) is 11.2. The maximum Gasteiger partial charge on any atom is 0.246 e. The zero-order chi connectivity index (χ0) is 14.0. The van der Waals surface area contributed by atoms with Crippen LogP contribution in [0.3, 0.4) is 0 Å². The summed E-state index contributed by atoms with van der Waals surface area (Å²) < 4.78 is 26.4. The highest BCUT2D eigenvalue weighted by atomic mass is 32.2. The summed E-state index contributed by atoms with van der Waals surface area (Å²) in [5.74, 6) is 0.0729. The van der Waals surface area contributed by atoms with Crippen LogP contribution in [0.2, 0.25) is 0 Å². The van der Waals surface area contributed by atoms with E-state index in [1.54, 1.807) is 0 Å². The third kappa shape index (κ3) is 2.85.